The topological polar surface area (TPSA) is 38.3 Å². The highest BCUT2D eigenvalue weighted by Crippen LogP contribution is 2.48. The van der Waals surface area contributed by atoms with Crippen LogP contribution in [-0.2, 0) is 4.79 Å². The number of benzene rings is 2. The first-order valence-electron chi connectivity index (χ1n) is 7.97. The average Bonchev–Trinajstić information content (AvgIpc) is 3.05. The van der Waals surface area contributed by atoms with Crippen molar-refractivity contribution >= 4 is 34.5 Å². The van der Waals surface area contributed by atoms with E-state index in [0.29, 0.717) is 11.4 Å². The first-order chi connectivity index (χ1) is 12.2. The van der Waals surface area contributed by atoms with Crippen LogP contribution in [0.4, 0.5) is 5.69 Å². The number of hydrogen-bond acceptors (Lipinski definition) is 3. The molecule has 4 rings (SSSR count). The lowest BCUT2D eigenvalue weighted by Gasteiger charge is -2.25. The van der Waals surface area contributed by atoms with Gasteiger partial charge < -0.3 is 10.1 Å². The van der Waals surface area contributed by atoms with Crippen LogP contribution in [0, 0.1) is 0 Å². The maximum atomic E-state index is 12.4. The van der Waals surface area contributed by atoms with E-state index >= 15 is 0 Å². The van der Waals surface area contributed by atoms with Crippen LogP contribution in [0.1, 0.15) is 22.8 Å². The second-order valence-corrected chi connectivity index (χ2v) is 7.29. The molecule has 1 atom stereocenters. The number of nitrogens with one attached hydrogen (secondary N) is 1. The molecule has 2 heterocycles. The maximum absolute atomic E-state index is 12.4. The number of methoxy groups -OCH3 is 1. The van der Waals surface area contributed by atoms with Crippen molar-refractivity contribution < 1.29 is 9.53 Å². The first-order valence-corrected chi connectivity index (χ1v) is 9.23. The number of fused-ring (bicyclic) bond motifs is 1. The molecule has 5 heteroatoms. The Morgan fingerprint density at radius 1 is 1.16 bits per heavy atom. The molecule has 126 valence electrons. The third-order valence-corrected chi connectivity index (χ3v) is 5.81. The Hall–Kier alpha value is -2.30. The second-order valence-electron chi connectivity index (χ2n) is 5.94. The summed E-state index contributed by atoms with van der Waals surface area (Å²) in [6, 6.07) is 15.6. The van der Waals surface area contributed by atoms with E-state index < -0.39 is 0 Å². The van der Waals surface area contributed by atoms with Gasteiger partial charge in [0.2, 0.25) is 5.91 Å². The fraction of sp³-hybridized carbons (Fsp3) is 0.150. The molecule has 0 saturated carbocycles. The molecule has 1 amide bonds. The van der Waals surface area contributed by atoms with E-state index in [1.54, 1.807) is 18.4 Å². The molecule has 3 aromatic rings. The molecule has 3 nitrogen and oxygen atoms in total. The van der Waals surface area contributed by atoms with Gasteiger partial charge in [-0.05, 0) is 23.8 Å². The third kappa shape index (κ3) is 2.92. The number of para-hydroxylation sites is 1. The lowest BCUT2D eigenvalue weighted by Crippen LogP contribution is -2.22. The van der Waals surface area contributed by atoms with Gasteiger partial charge in [0.1, 0.15) is 5.75 Å². The number of rotatable bonds is 3. The summed E-state index contributed by atoms with van der Waals surface area (Å²) in [6.45, 7) is 0. The average molecular weight is 370 g/mol. The van der Waals surface area contributed by atoms with Crippen LogP contribution in [0.15, 0.2) is 53.9 Å². The molecule has 1 aliphatic heterocycles. The van der Waals surface area contributed by atoms with Crippen molar-refractivity contribution in [3.05, 3.63) is 69.4 Å². The molecule has 0 fully saturated rings. The quantitative estimate of drug-likeness (QED) is 0.657. The lowest BCUT2D eigenvalue weighted by atomic mass is 9.88. The summed E-state index contributed by atoms with van der Waals surface area (Å²) in [5, 5.41) is 5.85. The zero-order valence-electron chi connectivity index (χ0n) is 13.6. The number of ether oxygens (including phenoxy) is 1. The van der Waals surface area contributed by atoms with Crippen molar-refractivity contribution in [1.29, 1.82) is 0 Å². The molecule has 25 heavy (non-hydrogen) atoms. The van der Waals surface area contributed by atoms with Crippen LogP contribution in [0.5, 0.6) is 5.75 Å². The molecule has 1 aromatic heterocycles. The largest absolute Gasteiger partial charge is 0.496 e. The van der Waals surface area contributed by atoms with Gasteiger partial charge in [-0.3, -0.25) is 4.79 Å². The summed E-state index contributed by atoms with van der Waals surface area (Å²) in [4.78, 5) is 13.5. The van der Waals surface area contributed by atoms with Crippen molar-refractivity contribution in [2.75, 3.05) is 12.4 Å². The first kappa shape index (κ1) is 16.2. The van der Waals surface area contributed by atoms with Gasteiger partial charge in [0, 0.05) is 38.7 Å². The van der Waals surface area contributed by atoms with Crippen LogP contribution in [0.3, 0.4) is 0 Å². The van der Waals surface area contributed by atoms with Gasteiger partial charge in [-0.2, -0.15) is 0 Å². The fourth-order valence-electron chi connectivity index (χ4n) is 3.27. The number of thiophene rings is 1. The Bertz CT molecular complexity index is 933. The highest BCUT2D eigenvalue weighted by Gasteiger charge is 2.31. The van der Waals surface area contributed by atoms with Crippen molar-refractivity contribution in [3.8, 4) is 16.9 Å². The molecule has 1 N–H and O–H groups in total. The zero-order chi connectivity index (χ0) is 17.4. The zero-order valence-corrected chi connectivity index (χ0v) is 15.2. The Morgan fingerprint density at radius 2 is 1.92 bits per heavy atom. The summed E-state index contributed by atoms with van der Waals surface area (Å²) >= 11 is 7.67. The Kier molecular flexibility index (Phi) is 4.24. The molecule has 0 spiro atoms. The molecule has 0 radical (unpaired) electrons. The van der Waals surface area contributed by atoms with Crippen LogP contribution in [0.2, 0.25) is 5.02 Å². The predicted octanol–water partition coefficient (Wildman–Crippen LogP) is 5.55. The van der Waals surface area contributed by atoms with E-state index in [4.69, 9.17) is 16.3 Å². The molecule has 1 aliphatic rings. The minimum atomic E-state index is 0.00551. The number of amides is 1. The van der Waals surface area contributed by atoms with Crippen LogP contribution < -0.4 is 10.1 Å². The van der Waals surface area contributed by atoms with Gasteiger partial charge in [0.25, 0.3) is 0 Å². The molecule has 0 saturated heterocycles. The van der Waals surface area contributed by atoms with E-state index in [-0.39, 0.29) is 11.8 Å². The van der Waals surface area contributed by atoms with Crippen molar-refractivity contribution in [1.82, 2.24) is 0 Å². The Labute approximate surface area is 155 Å². The van der Waals surface area contributed by atoms with E-state index in [1.807, 2.05) is 48.5 Å². The molecule has 0 unspecified atom stereocenters. The molecular formula is C20H16ClNO2S. The Balaban J connectivity index is 1.83. The molecule has 0 bridgehead atoms. The summed E-state index contributed by atoms with van der Waals surface area (Å²) in [7, 11) is 1.66. The van der Waals surface area contributed by atoms with Gasteiger partial charge in [-0.15, -0.1) is 11.3 Å². The van der Waals surface area contributed by atoms with Gasteiger partial charge in [0.15, 0.2) is 0 Å². The molecule has 0 aliphatic carbocycles. The number of anilines is 1. The van der Waals surface area contributed by atoms with Crippen LogP contribution in [-0.4, -0.2) is 13.0 Å². The molecular weight excluding hydrogens is 354 g/mol. The van der Waals surface area contributed by atoms with Crippen molar-refractivity contribution in [2.45, 2.75) is 12.3 Å². The lowest BCUT2D eigenvalue weighted by molar-refractivity contribution is -0.116. The second kappa shape index (κ2) is 6.54. The van der Waals surface area contributed by atoms with Crippen molar-refractivity contribution in [3.63, 3.8) is 0 Å². The van der Waals surface area contributed by atoms with Gasteiger partial charge in [-0.25, -0.2) is 0 Å². The van der Waals surface area contributed by atoms with E-state index in [2.05, 4.69) is 10.7 Å². The minimum Gasteiger partial charge on any atom is -0.496 e. The van der Waals surface area contributed by atoms with Crippen molar-refractivity contribution in [2.24, 2.45) is 0 Å². The monoisotopic (exact) mass is 369 g/mol. The van der Waals surface area contributed by atoms with Gasteiger partial charge in [0.05, 0.1) is 12.8 Å². The minimum absolute atomic E-state index is 0.00551. The highest BCUT2D eigenvalue weighted by molar-refractivity contribution is 7.11. The smallest absolute Gasteiger partial charge is 0.225 e. The van der Waals surface area contributed by atoms with Crippen LogP contribution >= 0.6 is 22.9 Å². The summed E-state index contributed by atoms with van der Waals surface area (Å²) in [6.07, 6.45) is 0.425. The third-order valence-electron chi connectivity index (χ3n) is 4.46. The summed E-state index contributed by atoms with van der Waals surface area (Å²) < 4.78 is 5.51. The number of hydrogen-bond donors (Lipinski definition) is 1. The normalized spacial score (nSPS) is 16.2. The van der Waals surface area contributed by atoms with E-state index in [9.17, 15) is 4.79 Å². The van der Waals surface area contributed by atoms with Gasteiger partial charge >= 0.3 is 0 Å². The van der Waals surface area contributed by atoms with Crippen LogP contribution in [0.25, 0.3) is 11.1 Å². The summed E-state index contributed by atoms with van der Waals surface area (Å²) in [5.41, 5.74) is 4.03. The standard InChI is InChI=1S/C20H16ClNO2S/c1-24-17-5-3-2-4-14(17)15-10-18(23)22-19-16(11-25-20(15)19)12-6-8-13(21)9-7-12/h2-9,11,15H,10H2,1H3,(H,22,23)/t15-/m1/s1. The van der Waals surface area contributed by atoms with E-state index in [0.717, 1.165) is 33.0 Å². The summed E-state index contributed by atoms with van der Waals surface area (Å²) in [5.74, 6) is 0.845. The Morgan fingerprint density at radius 3 is 2.68 bits per heavy atom. The SMILES string of the molecule is COc1ccccc1[C@H]1CC(=O)Nc2c(-c3ccc(Cl)cc3)csc21. The fourth-order valence-corrected chi connectivity index (χ4v) is 4.55. The van der Waals surface area contributed by atoms with Gasteiger partial charge in [-0.1, -0.05) is 41.9 Å². The maximum Gasteiger partial charge on any atom is 0.225 e. The number of carbonyl (C=O) groups excluding carboxylic acids is 1. The predicted molar refractivity (Wildman–Crippen MR) is 103 cm³/mol. The number of halogens is 1. The highest BCUT2D eigenvalue weighted by atomic mass is 35.5. The van der Waals surface area contributed by atoms with E-state index in [1.165, 1.54) is 0 Å². The number of carbonyl (C=O) groups is 1. The molecule has 2 aromatic carbocycles.